The van der Waals surface area contributed by atoms with Gasteiger partial charge in [-0.3, -0.25) is 4.79 Å². The average Bonchev–Trinajstić information content (AvgIpc) is 2.96. The number of hydrogen-bond acceptors (Lipinski definition) is 4. The number of nitrogens with zero attached hydrogens (tertiary/aromatic N) is 2. The number of piperidine rings is 1. The highest BCUT2D eigenvalue weighted by atomic mass is 32.2. The molecule has 0 aliphatic carbocycles. The lowest BCUT2D eigenvalue weighted by atomic mass is 9.96. The van der Waals surface area contributed by atoms with Crippen LogP contribution in [0, 0.1) is 12.8 Å². The molecule has 1 saturated heterocycles. The van der Waals surface area contributed by atoms with Crippen molar-refractivity contribution in [3.63, 3.8) is 0 Å². The van der Waals surface area contributed by atoms with E-state index in [-0.39, 0.29) is 11.8 Å². The highest BCUT2D eigenvalue weighted by Gasteiger charge is 2.34. The van der Waals surface area contributed by atoms with Crippen LogP contribution in [0.25, 0.3) is 0 Å². The van der Waals surface area contributed by atoms with Crippen LogP contribution in [0.5, 0.6) is 0 Å². The topological polar surface area (TPSA) is 57.7 Å². The summed E-state index contributed by atoms with van der Waals surface area (Å²) in [5.41, 5.74) is 2.03. The Morgan fingerprint density at radius 1 is 1.00 bits per heavy atom. The molecule has 1 fully saturated rings. The molecule has 0 unspecified atom stereocenters. The van der Waals surface area contributed by atoms with Gasteiger partial charge in [-0.1, -0.05) is 29.8 Å². The Kier molecular flexibility index (Phi) is 5.99. The first-order chi connectivity index (χ1) is 14.0. The van der Waals surface area contributed by atoms with Gasteiger partial charge in [0, 0.05) is 30.4 Å². The Balaban J connectivity index is 1.46. The van der Waals surface area contributed by atoms with Crippen molar-refractivity contribution in [2.75, 3.05) is 30.3 Å². The maximum atomic E-state index is 13.3. The number of carbonyl (C=O) groups is 1. The Hall–Kier alpha value is -1.83. The van der Waals surface area contributed by atoms with E-state index in [0.29, 0.717) is 30.8 Å². The predicted molar refractivity (Wildman–Crippen MR) is 117 cm³/mol. The molecule has 29 heavy (non-hydrogen) atoms. The Labute approximate surface area is 177 Å². The summed E-state index contributed by atoms with van der Waals surface area (Å²) in [5, 5.41) is 0. The summed E-state index contributed by atoms with van der Waals surface area (Å²) in [4.78, 5) is 16.7. The fourth-order valence-electron chi connectivity index (χ4n) is 3.98. The number of sulfonamides is 1. The number of benzene rings is 2. The molecule has 2 heterocycles. The van der Waals surface area contributed by atoms with E-state index in [2.05, 4.69) is 6.07 Å². The summed E-state index contributed by atoms with van der Waals surface area (Å²) >= 11 is 1.80. The summed E-state index contributed by atoms with van der Waals surface area (Å²) in [6.45, 7) is 3.44. The maximum Gasteiger partial charge on any atom is 0.243 e. The van der Waals surface area contributed by atoms with Crippen molar-refractivity contribution in [2.45, 2.75) is 36.0 Å². The summed E-state index contributed by atoms with van der Waals surface area (Å²) in [6.07, 6.45) is 2.09. The van der Waals surface area contributed by atoms with E-state index in [1.54, 1.807) is 23.9 Å². The van der Waals surface area contributed by atoms with E-state index in [4.69, 9.17) is 0 Å². The molecular formula is C22H26N2O3S2. The van der Waals surface area contributed by atoms with Gasteiger partial charge in [0.25, 0.3) is 0 Å². The van der Waals surface area contributed by atoms with Crippen LogP contribution in [-0.2, 0) is 14.8 Å². The van der Waals surface area contributed by atoms with Gasteiger partial charge >= 0.3 is 0 Å². The number of amides is 1. The standard InChI is InChI=1S/C22H26N2O3S2/c1-17-7-9-19(10-8-17)29(26,27)23-14-11-18(12-15-23)22(25)24-13-4-16-28-21-6-3-2-5-20(21)24/h2-3,5-10,18H,4,11-16H2,1H3. The van der Waals surface area contributed by atoms with E-state index in [9.17, 15) is 13.2 Å². The van der Waals surface area contributed by atoms with Crippen molar-refractivity contribution < 1.29 is 13.2 Å². The van der Waals surface area contributed by atoms with Gasteiger partial charge in [-0.15, -0.1) is 11.8 Å². The molecule has 2 aromatic rings. The zero-order valence-corrected chi connectivity index (χ0v) is 18.2. The molecule has 0 saturated carbocycles. The van der Waals surface area contributed by atoms with Gasteiger partial charge in [0.2, 0.25) is 15.9 Å². The average molecular weight is 431 g/mol. The van der Waals surface area contributed by atoms with Gasteiger partial charge < -0.3 is 4.90 Å². The van der Waals surface area contributed by atoms with Crippen molar-refractivity contribution in [3.8, 4) is 0 Å². The summed E-state index contributed by atoms with van der Waals surface area (Å²) in [7, 11) is -3.50. The molecule has 2 aliphatic rings. The minimum Gasteiger partial charge on any atom is -0.311 e. The summed E-state index contributed by atoms with van der Waals surface area (Å²) in [6, 6.07) is 15.0. The molecule has 154 valence electrons. The summed E-state index contributed by atoms with van der Waals surface area (Å²) in [5.74, 6) is 1.01. The van der Waals surface area contributed by atoms with Crippen LogP contribution >= 0.6 is 11.8 Å². The van der Waals surface area contributed by atoms with Gasteiger partial charge in [-0.25, -0.2) is 8.42 Å². The highest BCUT2D eigenvalue weighted by Crippen LogP contribution is 2.35. The van der Waals surface area contributed by atoms with E-state index in [0.717, 1.165) is 34.9 Å². The lowest BCUT2D eigenvalue weighted by Crippen LogP contribution is -2.44. The van der Waals surface area contributed by atoms with E-state index in [1.807, 2.05) is 42.2 Å². The lowest BCUT2D eigenvalue weighted by molar-refractivity contribution is -0.123. The number of aryl methyl sites for hydroxylation is 1. The molecule has 2 aliphatic heterocycles. The first-order valence-corrected chi connectivity index (χ1v) is 12.5. The molecule has 5 nitrogen and oxygen atoms in total. The second-order valence-corrected chi connectivity index (χ2v) is 10.7. The summed E-state index contributed by atoms with van der Waals surface area (Å²) < 4.78 is 27.3. The predicted octanol–water partition coefficient (Wildman–Crippen LogP) is 3.92. The lowest BCUT2D eigenvalue weighted by Gasteiger charge is -2.33. The van der Waals surface area contributed by atoms with Gasteiger partial charge in [0.15, 0.2) is 0 Å². The number of hydrogen-bond donors (Lipinski definition) is 0. The van der Waals surface area contributed by atoms with Crippen LogP contribution < -0.4 is 4.90 Å². The molecule has 0 spiro atoms. The normalized spacial score (nSPS) is 18.9. The Bertz CT molecular complexity index is 981. The monoisotopic (exact) mass is 430 g/mol. The van der Waals surface area contributed by atoms with Gasteiger partial charge in [-0.2, -0.15) is 4.31 Å². The minimum atomic E-state index is -3.50. The van der Waals surface area contributed by atoms with Crippen LogP contribution in [0.4, 0.5) is 5.69 Å². The Morgan fingerprint density at radius 3 is 2.41 bits per heavy atom. The van der Waals surface area contributed by atoms with Crippen LogP contribution in [-0.4, -0.2) is 44.0 Å². The van der Waals surface area contributed by atoms with E-state index >= 15 is 0 Å². The number of anilines is 1. The van der Waals surface area contributed by atoms with Gasteiger partial charge in [0.1, 0.15) is 0 Å². The molecular weight excluding hydrogens is 404 g/mol. The third kappa shape index (κ3) is 4.22. The SMILES string of the molecule is Cc1ccc(S(=O)(=O)N2CCC(C(=O)N3CCCSc4ccccc43)CC2)cc1. The number of fused-ring (bicyclic) bond motifs is 1. The smallest absolute Gasteiger partial charge is 0.243 e. The molecule has 4 rings (SSSR count). The zero-order chi connectivity index (χ0) is 20.4. The van der Waals surface area contributed by atoms with Crippen molar-refractivity contribution in [1.82, 2.24) is 4.31 Å². The second-order valence-electron chi connectivity index (χ2n) is 7.65. The second kappa shape index (κ2) is 8.50. The molecule has 0 N–H and O–H groups in total. The fraction of sp³-hybridized carbons (Fsp3) is 0.409. The van der Waals surface area contributed by atoms with E-state index in [1.165, 1.54) is 4.31 Å². The number of rotatable bonds is 3. The minimum absolute atomic E-state index is 0.129. The molecule has 1 amide bonds. The zero-order valence-electron chi connectivity index (χ0n) is 16.6. The van der Waals surface area contributed by atoms with Crippen molar-refractivity contribution >= 4 is 33.4 Å². The van der Waals surface area contributed by atoms with Gasteiger partial charge in [-0.05, 0) is 56.2 Å². The number of thioether (sulfide) groups is 1. The first-order valence-electron chi connectivity index (χ1n) is 10.1. The van der Waals surface area contributed by atoms with E-state index < -0.39 is 10.0 Å². The molecule has 7 heteroatoms. The van der Waals surface area contributed by atoms with Crippen molar-refractivity contribution in [1.29, 1.82) is 0 Å². The van der Waals surface area contributed by atoms with Crippen LogP contribution in [0.1, 0.15) is 24.8 Å². The van der Waals surface area contributed by atoms with Crippen LogP contribution in [0.2, 0.25) is 0 Å². The largest absolute Gasteiger partial charge is 0.311 e. The van der Waals surface area contributed by atoms with Crippen molar-refractivity contribution in [2.24, 2.45) is 5.92 Å². The highest BCUT2D eigenvalue weighted by molar-refractivity contribution is 7.99. The molecule has 2 aromatic carbocycles. The third-order valence-corrected chi connectivity index (χ3v) is 8.73. The molecule has 0 aromatic heterocycles. The number of para-hydroxylation sites is 1. The molecule has 0 radical (unpaired) electrons. The quantitative estimate of drug-likeness (QED) is 0.740. The van der Waals surface area contributed by atoms with Crippen molar-refractivity contribution in [3.05, 3.63) is 54.1 Å². The van der Waals surface area contributed by atoms with Crippen LogP contribution in [0.3, 0.4) is 0 Å². The Morgan fingerprint density at radius 2 is 1.69 bits per heavy atom. The molecule has 0 atom stereocenters. The molecule has 0 bridgehead atoms. The fourth-order valence-corrected chi connectivity index (χ4v) is 6.44. The third-order valence-electron chi connectivity index (χ3n) is 5.67. The van der Waals surface area contributed by atoms with Crippen LogP contribution in [0.15, 0.2) is 58.3 Å². The maximum absolute atomic E-state index is 13.3. The van der Waals surface area contributed by atoms with Gasteiger partial charge in [0.05, 0.1) is 10.6 Å². The number of carbonyl (C=O) groups excluding carboxylic acids is 1. The first kappa shape index (κ1) is 20.4.